The largest absolute Gasteiger partial charge is 0.371 e. The maximum Gasteiger partial charge on any atom is 0.245 e. The minimum atomic E-state index is -0.659. The summed E-state index contributed by atoms with van der Waals surface area (Å²) in [6.07, 6.45) is 5.07. The number of nitrogens with zero attached hydrogens (tertiary/aromatic N) is 1. The molecule has 2 aromatic carbocycles. The van der Waals surface area contributed by atoms with Crippen molar-refractivity contribution in [2.24, 2.45) is 5.73 Å². The zero-order valence-electron chi connectivity index (χ0n) is 14.8. The first kappa shape index (κ1) is 22.3. The first-order valence-electron chi connectivity index (χ1n) is 8.70. The second kappa shape index (κ2) is 11.1. The molecule has 0 aromatic heterocycles. The normalized spacial score (nSPS) is 15.0. The molecule has 1 aliphatic heterocycles. The second-order valence-electron chi connectivity index (χ2n) is 6.33. The molecule has 0 aliphatic carbocycles. The van der Waals surface area contributed by atoms with E-state index in [2.05, 4.69) is 16.3 Å². The summed E-state index contributed by atoms with van der Waals surface area (Å²) in [6.45, 7) is 2.17. The molecule has 0 bridgehead atoms. The van der Waals surface area contributed by atoms with Crippen molar-refractivity contribution in [3.8, 4) is 0 Å². The Morgan fingerprint density at radius 1 is 0.923 bits per heavy atom. The van der Waals surface area contributed by atoms with Crippen LogP contribution >= 0.6 is 24.8 Å². The van der Waals surface area contributed by atoms with Crippen molar-refractivity contribution >= 4 is 42.1 Å². The van der Waals surface area contributed by atoms with Crippen LogP contribution in [0.5, 0.6) is 0 Å². The van der Waals surface area contributed by atoms with Gasteiger partial charge < -0.3 is 16.0 Å². The van der Waals surface area contributed by atoms with Gasteiger partial charge in [-0.2, -0.15) is 0 Å². The first-order chi connectivity index (χ1) is 11.7. The van der Waals surface area contributed by atoms with Crippen LogP contribution in [0.25, 0.3) is 0 Å². The fraction of sp³-hybridized carbons (Fsp3) is 0.350. The molecule has 1 fully saturated rings. The van der Waals surface area contributed by atoms with E-state index in [0.717, 1.165) is 24.3 Å². The van der Waals surface area contributed by atoms with Crippen LogP contribution in [0.1, 0.15) is 37.3 Å². The van der Waals surface area contributed by atoms with E-state index >= 15 is 0 Å². The summed E-state index contributed by atoms with van der Waals surface area (Å²) in [6, 6.07) is 16.8. The standard InChI is InChI=1S/C20H25N3O.2ClH/c21-19(16-9-4-3-5-10-16)20(24)22-17-11-8-12-18(15-17)23-13-6-1-2-7-14-23;;/h3-5,8-12,15,19H,1-2,6-7,13-14,21H2,(H,22,24);2*1H. The highest BCUT2D eigenvalue weighted by Gasteiger charge is 2.16. The highest BCUT2D eigenvalue weighted by Crippen LogP contribution is 2.23. The molecule has 2 aromatic rings. The molecule has 26 heavy (non-hydrogen) atoms. The van der Waals surface area contributed by atoms with Gasteiger partial charge in [-0.25, -0.2) is 0 Å². The number of nitrogens with one attached hydrogen (secondary N) is 1. The van der Waals surface area contributed by atoms with Gasteiger partial charge in [0.2, 0.25) is 5.91 Å². The number of rotatable bonds is 4. The topological polar surface area (TPSA) is 58.4 Å². The fourth-order valence-electron chi connectivity index (χ4n) is 3.14. The summed E-state index contributed by atoms with van der Waals surface area (Å²) in [7, 11) is 0. The van der Waals surface area contributed by atoms with Crippen LogP contribution in [0.2, 0.25) is 0 Å². The summed E-state index contributed by atoms with van der Waals surface area (Å²) in [5.41, 5.74) is 8.85. The molecule has 0 spiro atoms. The highest BCUT2D eigenvalue weighted by atomic mass is 35.5. The predicted octanol–water partition coefficient (Wildman–Crippen LogP) is 4.55. The first-order valence-corrected chi connectivity index (χ1v) is 8.70. The van der Waals surface area contributed by atoms with E-state index in [9.17, 15) is 4.79 Å². The van der Waals surface area contributed by atoms with Crippen molar-refractivity contribution in [1.82, 2.24) is 0 Å². The molecule has 3 rings (SSSR count). The number of carbonyl (C=O) groups is 1. The SMILES string of the molecule is Cl.Cl.NC(C(=O)Nc1cccc(N2CCCCCC2)c1)c1ccccc1. The Hall–Kier alpha value is -1.75. The van der Waals surface area contributed by atoms with Crippen molar-refractivity contribution in [2.75, 3.05) is 23.3 Å². The van der Waals surface area contributed by atoms with Crippen molar-refractivity contribution < 1.29 is 4.79 Å². The van der Waals surface area contributed by atoms with E-state index in [4.69, 9.17) is 5.73 Å². The lowest BCUT2D eigenvalue weighted by atomic mass is 10.1. The summed E-state index contributed by atoms with van der Waals surface area (Å²) < 4.78 is 0. The lowest BCUT2D eigenvalue weighted by Crippen LogP contribution is -2.28. The van der Waals surface area contributed by atoms with Gasteiger partial charge in [-0.05, 0) is 36.6 Å². The van der Waals surface area contributed by atoms with E-state index in [1.54, 1.807) is 0 Å². The molecule has 1 amide bonds. The monoisotopic (exact) mass is 395 g/mol. The summed E-state index contributed by atoms with van der Waals surface area (Å²) >= 11 is 0. The average Bonchev–Trinajstić information content (AvgIpc) is 2.91. The van der Waals surface area contributed by atoms with E-state index in [1.165, 1.54) is 31.4 Å². The second-order valence-corrected chi connectivity index (χ2v) is 6.33. The van der Waals surface area contributed by atoms with Crippen LogP contribution in [0.3, 0.4) is 0 Å². The Morgan fingerprint density at radius 2 is 1.58 bits per heavy atom. The summed E-state index contributed by atoms with van der Waals surface area (Å²) in [5, 5.41) is 2.94. The van der Waals surface area contributed by atoms with Gasteiger partial charge in [0.15, 0.2) is 0 Å². The van der Waals surface area contributed by atoms with E-state index in [1.807, 2.05) is 48.5 Å². The molecule has 3 N–H and O–H groups in total. The molecule has 1 heterocycles. The van der Waals surface area contributed by atoms with Gasteiger partial charge >= 0.3 is 0 Å². The molecule has 1 saturated heterocycles. The van der Waals surface area contributed by atoms with Gasteiger partial charge in [-0.1, -0.05) is 49.2 Å². The number of hydrogen-bond acceptors (Lipinski definition) is 3. The van der Waals surface area contributed by atoms with Gasteiger partial charge in [0.25, 0.3) is 0 Å². The Bertz CT molecular complexity index is 674. The number of carbonyl (C=O) groups excluding carboxylic acids is 1. The quantitative estimate of drug-likeness (QED) is 0.797. The molecule has 1 atom stereocenters. The zero-order chi connectivity index (χ0) is 16.8. The van der Waals surface area contributed by atoms with Crippen LogP contribution in [-0.2, 0) is 4.79 Å². The molecule has 1 unspecified atom stereocenters. The fourth-order valence-corrected chi connectivity index (χ4v) is 3.14. The van der Waals surface area contributed by atoms with Crippen LogP contribution < -0.4 is 16.0 Å². The van der Waals surface area contributed by atoms with Gasteiger partial charge in [0.05, 0.1) is 0 Å². The van der Waals surface area contributed by atoms with Crippen molar-refractivity contribution in [3.63, 3.8) is 0 Å². The third-order valence-electron chi connectivity index (χ3n) is 4.53. The summed E-state index contributed by atoms with van der Waals surface area (Å²) in [5.74, 6) is -0.186. The molecule has 4 nitrogen and oxygen atoms in total. The van der Waals surface area contributed by atoms with Crippen molar-refractivity contribution in [3.05, 3.63) is 60.2 Å². The van der Waals surface area contributed by atoms with E-state index in [0.29, 0.717) is 0 Å². The number of halogens is 2. The number of nitrogens with two attached hydrogens (primary N) is 1. The van der Waals surface area contributed by atoms with E-state index in [-0.39, 0.29) is 30.7 Å². The van der Waals surface area contributed by atoms with Crippen molar-refractivity contribution in [1.29, 1.82) is 0 Å². The Balaban J connectivity index is 0.00000169. The summed E-state index contributed by atoms with van der Waals surface area (Å²) in [4.78, 5) is 14.8. The number of anilines is 2. The van der Waals surface area contributed by atoms with Crippen molar-refractivity contribution in [2.45, 2.75) is 31.7 Å². The lowest BCUT2D eigenvalue weighted by molar-refractivity contribution is -0.117. The molecule has 6 heteroatoms. The maximum atomic E-state index is 12.4. The molecule has 0 saturated carbocycles. The van der Waals surface area contributed by atoms with Crippen LogP contribution in [0.4, 0.5) is 11.4 Å². The number of benzene rings is 2. The third kappa shape index (κ3) is 5.90. The predicted molar refractivity (Wildman–Crippen MR) is 114 cm³/mol. The average molecular weight is 396 g/mol. The third-order valence-corrected chi connectivity index (χ3v) is 4.53. The van der Waals surface area contributed by atoms with Gasteiger partial charge in [0, 0.05) is 24.5 Å². The minimum Gasteiger partial charge on any atom is -0.371 e. The van der Waals surface area contributed by atoms with Crippen LogP contribution in [-0.4, -0.2) is 19.0 Å². The molecular weight excluding hydrogens is 369 g/mol. The molecule has 1 aliphatic rings. The number of hydrogen-bond donors (Lipinski definition) is 2. The van der Waals surface area contributed by atoms with Crippen LogP contribution in [0, 0.1) is 0 Å². The molecule has 142 valence electrons. The van der Waals surface area contributed by atoms with E-state index < -0.39 is 6.04 Å². The smallest absolute Gasteiger partial charge is 0.245 e. The Morgan fingerprint density at radius 3 is 2.23 bits per heavy atom. The zero-order valence-corrected chi connectivity index (χ0v) is 16.4. The Kier molecular flexibility index (Phi) is 9.49. The highest BCUT2D eigenvalue weighted by molar-refractivity contribution is 5.95. The van der Waals surface area contributed by atoms with Gasteiger partial charge in [-0.3, -0.25) is 4.79 Å². The Labute approximate surface area is 168 Å². The lowest BCUT2D eigenvalue weighted by Gasteiger charge is -2.23. The molecular formula is C20H27Cl2N3O. The van der Waals surface area contributed by atoms with Gasteiger partial charge in [-0.15, -0.1) is 24.8 Å². The number of amides is 1. The minimum absolute atomic E-state index is 0. The maximum absolute atomic E-state index is 12.4. The van der Waals surface area contributed by atoms with Gasteiger partial charge in [0.1, 0.15) is 6.04 Å². The molecule has 0 radical (unpaired) electrons. The van der Waals surface area contributed by atoms with Crippen LogP contribution in [0.15, 0.2) is 54.6 Å².